The molecule has 0 amide bonds. The first-order valence-electron chi connectivity index (χ1n) is 11.7. The van der Waals surface area contributed by atoms with E-state index in [9.17, 15) is 14.7 Å². The largest absolute Gasteiger partial charge is 0.493 e. The Hall–Kier alpha value is -3.13. The van der Waals surface area contributed by atoms with Crippen LogP contribution < -0.4 is 9.61 Å². The molecule has 34 heavy (non-hydrogen) atoms. The van der Waals surface area contributed by atoms with Crippen molar-refractivity contribution in [3.63, 3.8) is 0 Å². The fraction of sp³-hybridized carbons (Fsp3) is 0.423. The van der Waals surface area contributed by atoms with Gasteiger partial charge in [0.1, 0.15) is 11.9 Å². The molecule has 0 aliphatic rings. The molecule has 1 aromatic carbocycles. The van der Waals surface area contributed by atoms with Crippen LogP contribution in [0.4, 0.5) is 4.79 Å². The Kier molecular flexibility index (Phi) is 9.27. The van der Waals surface area contributed by atoms with Gasteiger partial charge in [0, 0.05) is 24.7 Å². The van der Waals surface area contributed by atoms with Gasteiger partial charge in [-0.25, -0.2) is 4.79 Å². The van der Waals surface area contributed by atoms with Crippen molar-refractivity contribution in [2.24, 2.45) is 0 Å². The van der Waals surface area contributed by atoms with Gasteiger partial charge in [0.2, 0.25) is 5.88 Å². The average Bonchev–Trinajstić information content (AvgIpc) is 3.12. The average molecular weight is 485 g/mol. The molecule has 0 bridgehead atoms. The zero-order chi connectivity index (χ0) is 24.5. The summed E-state index contributed by atoms with van der Waals surface area (Å²) in [6.07, 6.45) is 5.04. The molecule has 0 radical (unpaired) electrons. The summed E-state index contributed by atoms with van der Waals surface area (Å²) in [7, 11) is 0. The SMILES string of the molecule is CCCC(CC)OC(=O)n1c(O)c(Cc2ccc(OCCc3ccc(CC)cn3)cc2)sc1=O. The molecule has 0 fully saturated rings. The fourth-order valence-electron chi connectivity index (χ4n) is 3.52. The molecule has 0 saturated carbocycles. The van der Waals surface area contributed by atoms with Crippen LogP contribution in [0.25, 0.3) is 0 Å². The van der Waals surface area contributed by atoms with Crippen molar-refractivity contribution in [3.8, 4) is 11.6 Å². The third kappa shape index (κ3) is 6.70. The Morgan fingerprint density at radius 2 is 1.85 bits per heavy atom. The van der Waals surface area contributed by atoms with Crippen molar-refractivity contribution < 1.29 is 19.4 Å². The number of rotatable bonds is 11. The van der Waals surface area contributed by atoms with E-state index < -0.39 is 11.0 Å². The van der Waals surface area contributed by atoms with E-state index in [2.05, 4.69) is 18.0 Å². The maximum absolute atomic E-state index is 12.4. The lowest BCUT2D eigenvalue weighted by Crippen LogP contribution is -2.27. The maximum Gasteiger partial charge on any atom is 0.424 e. The number of benzene rings is 1. The van der Waals surface area contributed by atoms with Crippen molar-refractivity contribution in [1.82, 2.24) is 9.55 Å². The van der Waals surface area contributed by atoms with E-state index in [1.807, 2.05) is 50.4 Å². The van der Waals surface area contributed by atoms with Crippen molar-refractivity contribution >= 4 is 17.4 Å². The highest BCUT2D eigenvalue weighted by molar-refractivity contribution is 7.09. The Morgan fingerprint density at radius 3 is 2.47 bits per heavy atom. The van der Waals surface area contributed by atoms with Crippen LogP contribution in [-0.4, -0.2) is 33.5 Å². The smallest absolute Gasteiger partial charge is 0.424 e. The summed E-state index contributed by atoms with van der Waals surface area (Å²) >= 11 is 0.849. The summed E-state index contributed by atoms with van der Waals surface area (Å²) in [5.41, 5.74) is 3.09. The minimum atomic E-state index is -0.826. The Bertz CT molecular complexity index is 1120. The second kappa shape index (κ2) is 12.4. The zero-order valence-corrected chi connectivity index (χ0v) is 20.8. The predicted octanol–water partition coefficient (Wildman–Crippen LogP) is 5.35. The number of aromatic nitrogens is 2. The second-order valence-corrected chi connectivity index (χ2v) is 9.13. The van der Waals surface area contributed by atoms with Gasteiger partial charge in [0.05, 0.1) is 11.5 Å². The molecule has 3 rings (SSSR count). The predicted molar refractivity (Wildman–Crippen MR) is 133 cm³/mol. The molecule has 182 valence electrons. The fourth-order valence-corrected chi connectivity index (χ4v) is 4.41. The monoisotopic (exact) mass is 484 g/mol. The Morgan fingerprint density at radius 1 is 1.12 bits per heavy atom. The number of ether oxygens (including phenoxy) is 2. The van der Waals surface area contributed by atoms with Crippen LogP contribution in [0.2, 0.25) is 0 Å². The van der Waals surface area contributed by atoms with Gasteiger partial charge in [0.25, 0.3) is 0 Å². The van der Waals surface area contributed by atoms with E-state index in [0.29, 0.717) is 37.2 Å². The van der Waals surface area contributed by atoms with Crippen molar-refractivity contribution in [3.05, 3.63) is 74.0 Å². The topological polar surface area (TPSA) is 90.7 Å². The Labute approximate surface area is 204 Å². The molecule has 2 heterocycles. The first-order valence-corrected chi connectivity index (χ1v) is 12.6. The highest BCUT2D eigenvalue weighted by atomic mass is 32.1. The molecule has 1 unspecified atom stereocenters. The zero-order valence-electron chi connectivity index (χ0n) is 20.0. The minimum absolute atomic E-state index is 0.272. The lowest BCUT2D eigenvalue weighted by atomic mass is 10.1. The van der Waals surface area contributed by atoms with Gasteiger partial charge in [-0.1, -0.05) is 56.7 Å². The maximum atomic E-state index is 12.4. The van der Waals surface area contributed by atoms with Crippen LogP contribution in [0.5, 0.6) is 11.6 Å². The lowest BCUT2D eigenvalue weighted by molar-refractivity contribution is 0.0889. The standard InChI is InChI=1S/C26H32N2O5S/c1-4-7-21(6-3)33-25(30)28-24(29)23(34-26(28)31)16-19-9-12-22(13-10-19)32-15-14-20-11-8-18(5-2)17-27-20/h8-13,17,21,29H,4-7,14-16H2,1-3H3. The van der Waals surface area contributed by atoms with E-state index >= 15 is 0 Å². The normalized spacial score (nSPS) is 11.9. The third-order valence-electron chi connectivity index (χ3n) is 5.58. The summed E-state index contributed by atoms with van der Waals surface area (Å²) in [6, 6.07) is 11.6. The first-order chi connectivity index (χ1) is 16.4. The first kappa shape index (κ1) is 25.5. The molecule has 1 N–H and O–H groups in total. The number of nitrogens with zero attached hydrogens (tertiary/aromatic N) is 2. The number of hydrogen-bond donors (Lipinski definition) is 1. The minimum Gasteiger partial charge on any atom is -0.493 e. The van der Waals surface area contributed by atoms with Gasteiger partial charge in [-0.3, -0.25) is 9.78 Å². The summed E-state index contributed by atoms with van der Waals surface area (Å²) in [4.78, 5) is 29.1. The number of carbonyl (C=O) groups is 1. The van der Waals surface area contributed by atoms with Crippen molar-refractivity contribution in [2.75, 3.05) is 6.61 Å². The van der Waals surface area contributed by atoms with Gasteiger partial charge in [0.15, 0.2) is 0 Å². The summed E-state index contributed by atoms with van der Waals surface area (Å²) in [5, 5.41) is 10.5. The number of hydrogen-bond acceptors (Lipinski definition) is 7. The van der Waals surface area contributed by atoms with Gasteiger partial charge in [-0.2, -0.15) is 4.57 Å². The summed E-state index contributed by atoms with van der Waals surface area (Å²) < 4.78 is 11.9. The van der Waals surface area contributed by atoms with E-state index in [4.69, 9.17) is 9.47 Å². The Balaban J connectivity index is 1.58. The molecule has 1 atom stereocenters. The number of aryl methyl sites for hydroxylation is 1. The van der Waals surface area contributed by atoms with Crippen LogP contribution in [0.3, 0.4) is 0 Å². The molecule has 2 aromatic heterocycles. The highest BCUT2D eigenvalue weighted by Crippen LogP contribution is 2.25. The molecule has 8 heteroatoms. The van der Waals surface area contributed by atoms with E-state index in [1.165, 1.54) is 5.56 Å². The van der Waals surface area contributed by atoms with Crippen LogP contribution in [0.15, 0.2) is 47.4 Å². The molecule has 7 nitrogen and oxygen atoms in total. The number of pyridine rings is 1. The number of carbonyl (C=O) groups excluding carboxylic acids is 1. The summed E-state index contributed by atoms with van der Waals surface area (Å²) in [5.74, 6) is 0.377. The van der Waals surface area contributed by atoms with E-state index in [0.717, 1.165) is 45.8 Å². The molecule has 0 aliphatic carbocycles. The summed E-state index contributed by atoms with van der Waals surface area (Å²) in [6.45, 7) is 6.54. The van der Waals surface area contributed by atoms with E-state index in [-0.39, 0.29) is 12.0 Å². The third-order valence-corrected chi connectivity index (χ3v) is 6.51. The molecular formula is C26H32N2O5S. The lowest BCUT2D eigenvalue weighted by Gasteiger charge is -2.15. The number of aromatic hydroxyl groups is 1. The van der Waals surface area contributed by atoms with Crippen LogP contribution >= 0.6 is 11.3 Å². The molecule has 3 aromatic rings. The van der Waals surface area contributed by atoms with Gasteiger partial charge in [-0.15, -0.1) is 0 Å². The number of thiazole rings is 1. The molecular weight excluding hydrogens is 452 g/mol. The second-order valence-electron chi connectivity index (χ2n) is 8.08. The van der Waals surface area contributed by atoms with Crippen LogP contribution in [0.1, 0.15) is 61.7 Å². The molecule has 0 spiro atoms. The van der Waals surface area contributed by atoms with Gasteiger partial charge < -0.3 is 14.6 Å². The van der Waals surface area contributed by atoms with Crippen molar-refractivity contribution in [1.29, 1.82) is 0 Å². The highest BCUT2D eigenvalue weighted by Gasteiger charge is 2.23. The molecule has 0 aliphatic heterocycles. The van der Waals surface area contributed by atoms with Crippen LogP contribution in [-0.2, 0) is 24.0 Å². The van der Waals surface area contributed by atoms with Gasteiger partial charge in [-0.05, 0) is 48.6 Å². The quantitative estimate of drug-likeness (QED) is 0.395. The van der Waals surface area contributed by atoms with E-state index in [1.54, 1.807) is 0 Å². The van der Waals surface area contributed by atoms with Crippen molar-refractivity contribution in [2.45, 2.75) is 65.4 Å². The van der Waals surface area contributed by atoms with Gasteiger partial charge >= 0.3 is 11.0 Å². The van der Waals surface area contributed by atoms with Crippen LogP contribution in [0, 0.1) is 0 Å². The molecule has 0 saturated heterocycles.